The van der Waals surface area contributed by atoms with Crippen LogP contribution in [-0.2, 0) is 10.2 Å². The molecule has 0 saturated heterocycles. The van der Waals surface area contributed by atoms with Crippen molar-refractivity contribution in [2.45, 2.75) is 31.1 Å². The van der Waals surface area contributed by atoms with Crippen LogP contribution in [0.2, 0.25) is 5.02 Å². The normalized spacial score (nSPS) is 16.4. The van der Waals surface area contributed by atoms with Crippen LogP contribution in [0, 0.1) is 0 Å². The van der Waals surface area contributed by atoms with Gasteiger partial charge in [-0.25, -0.2) is 0 Å². The molecule has 1 aliphatic carbocycles. The lowest BCUT2D eigenvalue weighted by atomic mass is 9.78. The van der Waals surface area contributed by atoms with Crippen molar-refractivity contribution in [3.05, 3.63) is 63.5 Å². The number of halogens is 1. The molecule has 0 unspecified atom stereocenters. The lowest BCUT2D eigenvalue weighted by Crippen LogP contribution is -2.39. The Balaban J connectivity index is 1.96. The smallest absolute Gasteiger partial charge is 0.235 e. The molecule has 114 valence electrons. The molecule has 0 bridgehead atoms. The van der Waals surface area contributed by atoms with E-state index in [1.54, 1.807) is 12.3 Å². The average molecular weight is 317 g/mol. The third kappa shape index (κ3) is 2.66. The zero-order valence-electron chi connectivity index (χ0n) is 12.1. The molecule has 0 radical (unpaired) electrons. The van der Waals surface area contributed by atoms with Crippen molar-refractivity contribution >= 4 is 23.2 Å². The van der Waals surface area contributed by atoms with E-state index in [1.807, 2.05) is 18.2 Å². The summed E-state index contributed by atoms with van der Waals surface area (Å²) in [5.41, 5.74) is 0.391. The standard InChI is InChI=1S/C17H17ClN2O2/c18-13-5-3-4-12(10-13)17(7-1-2-8-17)16(22)20-14-11-19-9-6-15(14)21/h3-6,9-11H,1-2,7-8H2,(H,19,21)(H,20,22). The molecule has 3 rings (SSSR count). The number of hydrogen-bond acceptors (Lipinski definition) is 2. The first kappa shape index (κ1) is 14.9. The second kappa shape index (κ2) is 5.97. The lowest BCUT2D eigenvalue weighted by molar-refractivity contribution is -0.121. The molecule has 1 heterocycles. The zero-order valence-corrected chi connectivity index (χ0v) is 12.8. The SMILES string of the molecule is O=C(Nc1c[nH]ccc1=O)C1(c2cccc(Cl)c2)CCCC1. The number of benzene rings is 1. The third-order valence-corrected chi connectivity index (χ3v) is 4.58. The highest BCUT2D eigenvalue weighted by Gasteiger charge is 2.42. The Hall–Kier alpha value is -2.07. The second-order valence-corrected chi connectivity index (χ2v) is 6.11. The van der Waals surface area contributed by atoms with Crippen molar-refractivity contribution in [1.82, 2.24) is 4.98 Å². The predicted octanol–water partition coefficient (Wildman–Crippen LogP) is 3.48. The maximum atomic E-state index is 12.9. The van der Waals surface area contributed by atoms with Crippen LogP contribution in [-0.4, -0.2) is 10.9 Å². The highest BCUT2D eigenvalue weighted by molar-refractivity contribution is 6.30. The van der Waals surface area contributed by atoms with Gasteiger partial charge in [-0.3, -0.25) is 9.59 Å². The molecule has 2 aromatic rings. The van der Waals surface area contributed by atoms with Crippen LogP contribution in [0.25, 0.3) is 0 Å². The zero-order chi connectivity index (χ0) is 15.6. The van der Waals surface area contributed by atoms with Crippen LogP contribution < -0.4 is 10.7 Å². The number of H-pyrrole nitrogens is 1. The quantitative estimate of drug-likeness (QED) is 0.910. The molecular formula is C17H17ClN2O2. The summed E-state index contributed by atoms with van der Waals surface area (Å²) in [6.07, 6.45) is 6.57. The fraction of sp³-hybridized carbons (Fsp3) is 0.294. The Morgan fingerprint density at radius 3 is 2.68 bits per heavy atom. The summed E-state index contributed by atoms with van der Waals surface area (Å²) in [5, 5.41) is 3.40. The lowest BCUT2D eigenvalue weighted by Gasteiger charge is -2.28. The van der Waals surface area contributed by atoms with Crippen molar-refractivity contribution in [2.24, 2.45) is 0 Å². The molecule has 0 spiro atoms. The Bertz CT molecular complexity index is 748. The number of aromatic amines is 1. The molecular weight excluding hydrogens is 300 g/mol. The highest BCUT2D eigenvalue weighted by Crippen LogP contribution is 2.42. The highest BCUT2D eigenvalue weighted by atomic mass is 35.5. The van der Waals surface area contributed by atoms with Crippen molar-refractivity contribution in [1.29, 1.82) is 0 Å². The van der Waals surface area contributed by atoms with E-state index in [4.69, 9.17) is 11.6 Å². The molecule has 1 aromatic carbocycles. The van der Waals surface area contributed by atoms with Gasteiger partial charge in [0.25, 0.3) is 0 Å². The Labute approximate surface area is 133 Å². The van der Waals surface area contributed by atoms with Crippen LogP contribution in [0.5, 0.6) is 0 Å². The Kier molecular flexibility index (Phi) is 4.03. The summed E-state index contributed by atoms with van der Waals surface area (Å²) in [6, 6.07) is 8.85. The molecule has 1 aromatic heterocycles. The van der Waals surface area contributed by atoms with E-state index < -0.39 is 5.41 Å². The summed E-state index contributed by atoms with van der Waals surface area (Å²) in [6.45, 7) is 0. The average Bonchev–Trinajstić information content (AvgIpc) is 3.00. The first-order chi connectivity index (χ1) is 10.6. The number of hydrogen-bond donors (Lipinski definition) is 2. The topological polar surface area (TPSA) is 62.0 Å². The van der Waals surface area contributed by atoms with Gasteiger partial charge in [0, 0.05) is 23.5 Å². The van der Waals surface area contributed by atoms with Crippen LogP contribution in [0.4, 0.5) is 5.69 Å². The molecule has 4 nitrogen and oxygen atoms in total. The summed E-state index contributed by atoms with van der Waals surface area (Å²) < 4.78 is 0. The van der Waals surface area contributed by atoms with Crippen LogP contribution in [0.3, 0.4) is 0 Å². The van der Waals surface area contributed by atoms with Gasteiger partial charge < -0.3 is 10.3 Å². The largest absolute Gasteiger partial charge is 0.366 e. The van der Waals surface area contributed by atoms with Gasteiger partial charge in [0.2, 0.25) is 11.3 Å². The van der Waals surface area contributed by atoms with Gasteiger partial charge in [0.05, 0.1) is 5.41 Å². The van der Waals surface area contributed by atoms with Gasteiger partial charge in [-0.1, -0.05) is 36.6 Å². The Morgan fingerprint density at radius 1 is 1.23 bits per heavy atom. The molecule has 1 fully saturated rings. The maximum Gasteiger partial charge on any atom is 0.235 e. The number of carbonyl (C=O) groups is 1. The number of nitrogens with one attached hydrogen (secondary N) is 2. The van der Waals surface area contributed by atoms with E-state index in [1.165, 1.54) is 12.3 Å². The van der Waals surface area contributed by atoms with E-state index in [2.05, 4.69) is 10.3 Å². The molecule has 2 N–H and O–H groups in total. The fourth-order valence-corrected chi connectivity index (χ4v) is 3.36. The van der Waals surface area contributed by atoms with Crippen LogP contribution >= 0.6 is 11.6 Å². The number of carbonyl (C=O) groups excluding carboxylic acids is 1. The van der Waals surface area contributed by atoms with Gasteiger partial charge >= 0.3 is 0 Å². The van der Waals surface area contributed by atoms with Gasteiger partial charge in [0.15, 0.2) is 0 Å². The molecule has 1 aliphatic rings. The maximum absolute atomic E-state index is 12.9. The summed E-state index contributed by atoms with van der Waals surface area (Å²) >= 11 is 6.09. The molecule has 1 saturated carbocycles. The van der Waals surface area contributed by atoms with E-state index >= 15 is 0 Å². The van der Waals surface area contributed by atoms with Crippen molar-refractivity contribution < 1.29 is 4.79 Å². The minimum Gasteiger partial charge on any atom is -0.366 e. The fourth-order valence-electron chi connectivity index (χ4n) is 3.17. The molecule has 22 heavy (non-hydrogen) atoms. The summed E-state index contributed by atoms with van der Waals surface area (Å²) in [5.74, 6) is -0.135. The van der Waals surface area contributed by atoms with Gasteiger partial charge in [-0.05, 0) is 30.5 Å². The number of pyridine rings is 1. The van der Waals surface area contributed by atoms with E-state index in [0.29, 0.717) is 5.02 Å². The van der Waals surface area contributed by atoms with Gasteiger partial charge in [-0.15, -0.1) is 0 Å². The van der Waals surface area contributed by atoms with E-state index in [-0.39, 0.29) is 17.0 Å². The number of anilines is 1. The predicted molar refractivity (Wildman–Crippen MR) is 87.3 cm³/mol. The number of rotatable bonds is 3. The number of amides is 1. The second-order valence-electron chi connectivity index (χ2n) is 5.68. The van der Waals surface area contributed by atoms with E-state index in [0.717, 1.165) is 31.2 Å². The van der Waals surface area contributed by atoms with Crippen molar-refractivity contribution in [3.63, 3.8) is 0 Å². The van der Waals surface area contributed by atoms with Crippen LogP contribution in [0.15, 0.2) is 47.5 Å². The Morgan fingerprint density at radius 2 is 2.00 bits per heavy atom. The van der Waals surface area contributed by atoms with Crippen LogP contribution in [0.1, 0.15) is 31.2 Å². The minimum atomic E-state index is -0.604. The van der Waals surface area contributed by atoms with E-state index in [9.17, 15) is 9.59 Å². The third-order valence-electron chi connectivity index (χ3n) is 4.34. The number of aromatic nitrogens is 1. The van der Waals surface area contributed by atoms with Gasteiger partial charge in [-0.2, -0.15) is 0 Å². The molecule has 0 atom stereocenters. The summed E-state index contributed by atoms with van der Waals surface area (Å²) in [7, 11) is 0. The molecule has 1 amide bonds. The first-order valence-electron chi connectivity index (χ1n) is 7.36. The van der Waals surface area contributed by atoms with Gasteiger partial charge in [0.1, 0.15) is 5.69 Å². The first-order valence-corrected chi connectivity index (χ1v) is 7.74. The molecule has 0 aliphatic heterocycles. The van der Waals surface area contributed by atoms with Crippen molar-refractivity contribution in [2.75, 3.05) is 5.32 Å². The summed E-state index contributed by atoms with van der Waals surface area (Å²) in [4.78, 5) is 27.5. The minimum absolute atomic E-state index is 0.135. The molecule has 5 heteroatoms. The van der Waals surface area contributed by atoms with Crippen molar-refractivity contribution in [3.8, 4) is 0 Å². The monoisotopic (exact) mass is 316 g/mol.